The smallest absolute Gasteiger partial charge is 0.328 e. The van der Waals surface area contributed by atoms with Crippen molar-refractivity contribution in [1.29, 1.82) is 0 Å². The number of aliphatic hydroxyl groups is 1. The molecule has 1 N–H and O–H groups in total. The second-order valence-corrected chi connectivity index (χ2v) is 4.89. The van der Waals surface area contributed by atoms with E-state index in [1.165, 1.54) is 27.5 Å². The van der Waals surface area contributed by atoms with Gasteiger partial charge in [0.05, 0.1) is 12.6 Å². The summed E-state index contributed by atoms with van der Waals surface area (Å²) in [7, 11) is 0. The second kappa shape index (κ2) is 5.58. The molecule has 1 heterocycles. The van der Waals surface area contributed by atoms with Crippen LogP contribution in [0.2, 0.25) is 0 Å². The first-order valence-electron chi connectivity index (χ1n) is 6.31. The SMILES string of the molecule is CC(C)n1ccn(CC(O)c2cccc(F)c2F)c1=O. The predicted octanol–water partition coefficient (Wildman–Crippen LogP) is 2.24. The molecule has 4 nitrogen and oxygen atoms in total. The summed E-state index contributed by atoms with van der Waals surface area (Å²) in [5.41, 5.74) is -0.454. The van der Waals surface area contributed by atoms with Gasteiger partial charge in [-0.2, -0.15) is 0 Å². The third-order valence-corrected chi connectivity index (χ3v) is 3.14. The zero-order valence-corrected chi connectivity index (χ0v) is 11.3. The van der Waals surface area contributed by atoms with Gasteiger partial charge in [-0.25, -0.2) is 13.6 Å². The standard InChI is InChI=1S/C14H16F2N2O2/c1-9(2)18-7-6-17(14(18)20)8-12(19)10-4-3-5-11(15)13(10)16/h3-7,9,12,19H,8H2,1-2H3. The third kappa shape index (κ3) is 2.65. The quantitative estimate of drug-likeness (QED) is 0.935. The Morgan fingerprint density at radius 3 is 2.55 bits per heavy atom. The van der Waals surface area contributed by atoms with E-state index in [9.17, 15) is 18.7 Å². The maximum Gasteiger partial charge on any atom is 0.328 e. The molecule has 0 spiro atoms. The average molecular weight is 282 g/mol. The molecule has 2 aromatic rings. The molecule has 6 heteroatoms. The van der Waals surface area contributed by atoms with E-state index < -0.39 is 17.7 Å². The fourth-order valence-corrected chi connectivity index (χ4v) is 2.02. The van der Waals surface area contributed by atoms with Crippen LogP contribution in [0, 0.1) is 11.6 Å². The number of benzene rings is 1. The molecule has 1 atom stereocenters. The normalized spacial score (nSPS) is 12.9. The van der Waals surface area contributed by atoms with E-state index in [1.54, 1.807) is 6.20 Å². The van der Waals surface area contributed by atoms with Crippen LogP contribution in [0.5, 0.6) is 0 Å². The molecular weight excluding hydrogens is 266 g/mol. The Bertz CT molecular complexity index is 661. The molecule has 0 aliphatic rings. The van der Waals surface area contributed by atoms with Crippen molar-refractivity contribution in [3.8, 4) is 0 Å². The van der Waals surface area contributed by atoms with Gasteiger partial charge in [-0.1, -0.05) is 12.1 Å². The first-order valence-corrected chi connectivity index (χ1v) is 6.31. The number of aromatic nitrogens is 2. The van der Waals surface area contributed by atoms with E-state index in [4.69, 9.17) is 0 Å². The first-order chi connectivity index (χ1) is 9.41. The zero-order chi connectivity index (χ0) is 14.9. The molecule has 0 saturated carbocycles. The van der Waals surface area contributed by atoms with Crippen molar-refractivity contribution in [2.45, 2.75) is 32.5 Å². The molecule has 1 aromatic heterocycles. The minimum atomic E-state index is -1.29. The number of halogens is 2. The van der Waals surface area contributed by atoms with E-state index in [0.29, 0.717) is 0 Å². The number of nitrogens with zero attached hydrogens (tertiary/aromatic N) is 2. The van der Waals surface area contributed by atoms with Crippen LogP contribution in [0.25, 0.3) is 0 Å². The minimum Gasteiger partial charge on any atom is -0.386 e. The van der Waals surface area contributed by atoms with Gasteiger partial charge in [0.2, 0.25) is 0 Å². The van der Waals surface area contributed by atoms with Crippen molar-refractivity contribution in [3.05, 3.63) is 58.3 Å². The maximum atomic E-state index is 13.6. The Morgan fingerprint density at radius 1 is 1.25 bits per heavy atom. The van der Waals surface area contributed by atoms with Gasteiger partial charge < -0.3 is 5.11 Å². The van der Waals surface area contributed by atoms with Gasteiger partial charge in [0.1, 0.15) is 0 Å². The van der Waals surface area contributed by atoms with Crippen LogP contribution in [-0.2, 0) is 6.54 Å². The molecule has 0 amide bonds. The molecule has 20 heavy (non-hydrogen) atoms. The third-order valence-electron chi connectivity index (χ3n) is 3.14. The Hall–Kier alpha value is -1.95. The van der Waals surface area contributed by atoms with E-state index in [-0.39, 0.29) is 23.8 Å². The predicted molar refractivity (Wildman–Crippen MR) is 70.4 cm³/mol. The molecule has 0 fully saturated rings. The Morgan fingerprint density at radius 2 is 1.95 bits per heavy atom. The van der Waals surface area contributed by atoms with Crippen LogP contribution in [0.15, 0.2) is 35.4 Å². The highest BCUT2D eigenvalue weighted by Crippen LogP contribution is 2.20. The van der Waals surface area contributed by atoms with Gasteiger partial charge in [0, 0.05) is 24.0 Å². The van der Waals surface area contributed by atoms with Crippen molar-refractivity contribution in [2.75, 3.05) is 0 Å². The van der Waals surface area contributed by atoms with Crippen LogP contribution >= 0.6 is 0 Å². The molecule has 108 valence electrons. The summed E-state index contributed by atoms with van der Waals surface area (Å²) in [5.74, 6) is -2.11. The van der Waals surface area contributed by atoms with Gasteiger partial charge >= 0.3 is 5.69 Å². The lowest BCUT2D eigenvalue weighted by atomic mass is 10.1. The molecule has 0 saturated heterocycles. The molecule has 1 unspecified atom stereocenters. The van der Waals surface area contributed by atoms with E-state index >= 15 is 0 Å². The lowest BCUT2D eigenvalue weighted by Gasteiger charge is -2.12. The minimum absolute atomic E-state index is 0.00759. The molecule has 0 aliphatic heterocycles. The molecule has 1 aromatic carbocycles. The van der Waals surface area contributed by atoms with Crippen LogP contribution in [-0.4, -0.2) is 14.2 Å². The largest absolute Gasteiger partial charge is 0.386 e. The van der Waals surface area contributed by atoms with Crippen LogP contribution in [0.4, 0.5) is 8.78 Å². The lowest BCUT2D eigenvalue weighted by molar-refractivity contribution is 0.149. The fourth-order valence-electron chi connectivity index (χ4n) is 2.02. The average Bonchev–Trinajstić information content (AvgIpc) is 2.74. The summed E-state index contributed by atoms with van der Waals surface area (Å²) >= 11 is 0. The first kappa shape index (κ1) is 14.5. The maximum absolute atomic E-state index is 13.6. The summed E-state index contributed by atoms with van der Waals surface area (Å²) in [5, 5.41) is 9.98. The van der Waals surface area contributed by atoms with Crippen LogP contribution in [0.3, 0.4) is 0 Å². The fraction of sp³-hybridized carbons (Fsp3) is 0.357. The number of hydrogen-bond donors (Lipinski definition) is 1. The second-order valence-electron chi connectivity index (χ2n) is 4.89. The lowest BCUT2D eigenvalue weighted by Crippen LogP contribution is -2.27. The zero-order valence-electron chi connectivity index (χ0n) is 11.3. The van der Waals surface area contributed by atoms with Gasteiger partial charge in [0.25, 0.3) is 0 Å². The van der Waals surface area contributed by atoms with Crippen molar-refractivity contribution in [1.82, 2.24) is 9.13 Å². The Balaban J connectivity index is 2.26. The number of hydrogen-bond acceptors (Lipinski definition) is 2. The molecule has 0 bridgehead atoms. The highest BCUT2D eigenvalue weighted by molar-refractivity contribution is 5.21. The molecular formula is C14H16F2N2O2. The summed E-state index contributed by atoms with van der Waals surface area (Å²) < 4.78 is 29.4. The van der Waals surface area contributed by atoms with Gasteiger partial charge in [-0.3, -0.25) is 9.13 Å². The molecule has 0 aliphatic carbocycles. The van der Waals surface area contributed by atoms with E-state index in [1.807, 2.05) is 13.8 Å². The van der Waals surface area contributed by atoms with Crippen LogP contribution < -0.4 is 5.69 Å². The van der Waals surface area contributed by atoms with E-state index in [0.717, 1.165) is 6.07 Å². The highest BCUT2D eigenvalue weighted by atomic mass is 19.2. The van der Waals surface area contributed by atoms with Crippen molar-refractivity contribution in [2.24, 2.45) is 0 Å². The number of rotatable bonds is 4. The topological polar surface area (TPSA) is 47.2 Å². The Labute approximate surface area is 114 Å². The summed E-state index contributed by atoms with van der Waals surface area (Å²) in [4.78, 5) is 12.0. The van der Waals surface area contributed by atoms with Gasteiger partial charge in [-0.15, -0.1) is 0 Å². The van der Waals surface area contributed by atoms with E-state index in [2.05, 4.69) is 0 Å². The molecule has 2 rings (SSSR count). The van der Waals surface area contributed by atoms with Crippen molar-refractivity contribution >= 4 is 0 Å². The number of imidazole rings is 1. The summed E-state index contributed by atoms with van der Waals surface area (Å²) in [6.07, 6.45) is 1.83. The van der Waals surface area contributed by atoms with Gasteiger partial charge in [-0.05, 0) is 19.9 Å². The van der Waals surface area contributed by atoms with Crippen molar-refractivity contribution < 1.29 is 13.9 Å². The van der Waals surface area contributed by atoms with Crippen molar-refractivity contribution in [3.63, 3.8) is 0 Å². The van der Waals surface area contributed by atoms with Gasteiger partial charge in [0.15, 0.2) is 11.6 Å². The molecule has 0 radical (unpaired) electrons. The van der Waals surface area contributed by atoms with Crippen LogP contribution in [0.1, 0.15) is 31.6 Å². The summed E-state index contributed by atoms with van der Waals surface area (Å²) in [6, 6.07) is 3.59. The highest BCUT2D eigenvalue weighted by Gasteiger charge is 2.17. The Kier molecular flexibility index (Phi) is 4.04. The monoisotopic (exact) mass is 282 g/mol. The summed E-state index contributed by atoms with van der Waals surface area (Å²) in [6.45, 7) is 3.59. The number of aliphatic hydroxyl groups excluding tert-OH is 1.